The van der Waals surface area contributed by atoms with Crippen molar-refractivity contribution in [1.29, 1.82) is 0 Å². The van der Waals surface area contributed by atoms with Gasteiger partial charge in [0.25, 0.3) is 0 Å². The van der Waals surface area contributed by atoms with Crippen LogP contribution in [0.15, 0.2) is 60.7 Å². The summed E-state index contributed by atoms with van der Waals surface area (Å²) >= 11 is 0. The van der Waals surface area contributed by atoms with E-state index in [-0.39, 0.29) is 10.7 Å². The lowest BCUT2D eigenvalue weighted by atomic mass is 9.86. The van der Waals surface area contributed by atoms with Gasteiger partial charge in [0, 0.05) is 17.6 Å². The molecule has 3 aromatic rings. The Morgan fingerprint density at radius 1 is 0.941 bits per heavy atom. The van der Waals surface area contributed by atoms with E-state index in [1.807, 2.05) is 6.07 Å². The largest absolute Gasteiger partial charge is 0.355 e. The molecule has 4 heteroatoms. The minimum absolute atomic E-state index is 0.136. The molecule has 3 aromatic carbocycles. The predicted molar refractivity (Wildman–Crippen MR) is 145 cm³/mol. The summed E-state index contributed by atoms with van der Waals surface area (Å²) in [5, 5.41) is 3.37. The zero-order valence-corrected chi connectivity index (χ0v) is 21.9. The minimum Gasteiger partial charge on any atom is -0.355 e. The third kappa shape index (κ3) is 5.55. The number of anilines is 2. The van der Waals surface area contributed by atoms with E-state index in [1.54, 1.807) is 0 Å². The van der Waals surface area contributed by atoms with Crippen molar-refractivity contribution in [2.24, 2.45) is 0 Å². The third-order valence-electron chi connectivity index (χ3n) is 7.11. The molecule has 0 heterocycles. The van der Waals surface area contributed by atoms with Crippen molar-refractivity contribution in [2.75, 3.05) is 11.6 Å². The van der Waals surface area contributed by atoms with Gasteiger partial charge < -0.3 is 5.32 Å². The van der Waals surface area contributed by atoms with Crippen LogP contribution in [-0.4, -0.2) is 19.9 Å². The molecule has 4 rings (SSSR count). The van der Waals surface area contributed by atoms with Gasteiger partial charge in [-0.3, -0.25) is 0 Å². The molecule has 0 amide bonds. The predicted octanol–water partition coefficient (Wildman–Crippen LogP) is 7.39. The molecule has 3 nitrogen and oxygen atoms in total. The van der Waals surface area contributed by atoms with Gasteiger partial charge in [-0.2, -0.15) is 0 Å². The quantitative estimate of drug-likeness (QED) is 0.428. The van der Waals surface area contributed by atoms with Gasteiger partial charge in [0.2, 0.25) is 0 Å². The molecule has 1 aliphatic carbocycles. The van der Waals surface area contributed by atoms with Gasteiger partial charge >= 0.3 is 0 Å². The number of aryl methyl sites for hydroxylation is 1. The number of hydrogen-bond acceptors (Lipinski definition) is 3. The molecule has 0 saturated heterocycles. The van der Waals surface area contributed by atoms with Crippen LogP contribution in [0.5, 0.6) is 0 Å². The first kappa shape index (κ1) is 24.5. The van der Waals surface area contributed by atoms with Crippen molar-refractivity contribution < 1.29 is 8.42 Å². The average Bonchev–Trinajstić information content (AvgIpc) is 2.74. The molecule has 0 saturated carbocycles. The van der Waals surface area contributed by atoms with Crippen LogP contribution in [0.4, 0.5) is 11.4 Å². The number of sulfone groups is 1. The standard InChI is InChI=1S/C30H37NO2S/c1-21-13-18-25(20-28(21)22-14-16-24(17-15-22)30(2,3)4)31-29-12-8-9-23-19-26(34(5,32)33)10-6-7-11-27(23)29/h8-9,12-18,20,26,31H,6-7,10-11,19H2,1-5H3. The summed E-state index contributed by atoms with van der Waals surface area (Å²) < 4.78 is 24.6. The Morgan fingerprint density at radius 2 is 1.68 bits per heavy atom. The van der Waals surface area contributed by atoms with Crippen molar-refractivity contribution in [3.8, 4) is 11.1 Å². The second kappa shape index (κ2) is 9.58. The molecule has 34 heavy (non-hydrogen) atoms. The van der Waals surface area contributed by atoms with Gasteiger partial charge in [0.05, 0.1) is 5.25 Å². The zero-order chi connectivity index (χ0) is 24.5. The topological polar surface area (TPSA) is 46.2 Å². The van der Waals surface area contributed by atoms with E-state index in [9.17, 15) is 8.42 Å². The molecule has 0 bridgehead atoms. The summed E-state index contributed by atoms with van der Waals surface area (Å²) in [5.41, 5.74) is 9.71. The molecule has 1 N–H and O–H groups in total. The first-order valence-corrected chi connectivity index (χ1v) is 14.3. The maximum absolute atomic E-state index is 12.3. The molecule has 1 unspecified atom stereocenters. The Hall–Kier alpha value is -2.59. The lowest BCUT2D eigenvalue weighted by molar-refractivity contribution is 0.556. The highest BCUT2D eigenvalue weighted by molar-refractivity contribution is 7.91. The lowest BCUT2D eigenvalue weighted by Gasteiger charge is -2.23. The number of hydrogen-bond donors (Lipinski definition) is 1. The maximum atomic E-state index is 12.3. The van der Waals surface area contributed by atoms with Gasteiger partial charge in [-0.1, -0.05) is 69.7 Å². The smallest absolute Gasteiger partial charge is 0.150 e. The van der Waals surface area contributed by atoms with Crippen LogP contribution >= 0.6 is 0 Å². The monoisotopic (exact) mass is 475 g/mol. The minimum atomic E-state index is -3.05. The van der Waals surface area contributed by atoms with Crippen LogP contribution in [0.2, 0.25) is 0 Å². The van der Waals surface area contributed by atoms with E-state index in [0.717, 1.165) is 42.6 Å². The van der Waals surface area contributed by atoms with Crippen LogP contribution in [-0.2, 0) is 28.1 Å². The molecule has 0 aromatic heterocycles. The molecular weight excluding hydrogens is 438 g/mol. The van der Waals surface area contributed by atoms with Crippen molar-refractivity contribution in [2.45, 2.75) is 70.5 Å². The summed E-state index contributed by atoms with van der Waals surface area (Å²) in [6.07, 6.45) is 5.67. The maximum Gasteiger partial charge on any atom is 0.150 e. The number of fused-ring (bicyclic) bond motifs is 1. The van der Waals surface area contributed by atoms with Crippen molar-refractivity contribution >= 4 is 21.2 Å². The van der Waals surface area contributed by atoms with Crippen molar-refractivity contribution in [3.05, 3.63) is 82.9 Å². The Balaban J connectivity index is 1.65. The molecule has 1 atom stereocenters. The Bertz CT molecular complexity index is 1270. The van der Waals surface area contributed by atoms with E-state index >= 15 is 0 Å². The molecular formula is C30H37NO2S. The highest BCUT2D eigenvalue weighted by atomic mass is 32.2. The van der Waals surface area contributed by atoms with E-state index in [0.29, 0.717) is 6.42 Å². The van der Waals surface area contributed by atoms with E-state index in [2.05, 4.69) is 87.6 Å². The van der Waals surface area contributed by atoms with Gasteiger partial charge in [-0.15, -0.1) is 0 Å². The molecule has 1 aliphatic rings. The van der Waals surface area contributed by atoms with E-state index in [4.69, 9.17) is 0 Å². The summed E-state index contributed by atoms with van der Waals surface area (Å²) in [5.74, 6) is 0. The number of nitrogens with one attached hydrogen (secondary N) is 1. The summed E-state index contributed by atoms with van der Waals surface area (Å²) in [4.78, 5) is 0. The first-order chi connectivity index (χ1) is 16.0. The second-order valence-corrected chi connectivity index (χ2v) is 13.2. The van der Waals surface area contributed by atoms with Crippen LogP contribution in [0.1, 0.15) is 62.3 Å². The van der Waals surface area contributed by atoms with Crippen molar-refractivity contribution in [3.63, 3.8) is 0 Å². The first-order valence-electron chi connectivity index (χ1n) is 12.3. The number of benzene rings is 3. The molecule has 0 spiro atoms. The van der Waals surface area contributed by atoms with E-state index < -0.39 is 9.84 Å². The van der Waals surface area contributed by atoms with Gasteiger partial charge in [0.1, 0.15) is 0 Å². The summed E-state index contributed by atoms with van der Waals surface area (Å²) in [6.45, 7) is 8.86. The van der Waals surface area contributed by atoms with Crippen LogP contribution < -0.4 is 5.32 Å². The fourth-order valence-corrected chi connectivity index (χ4v) is 6.02. The van der Waals surface area contributed by atoms with Gasteiger partial charge in [0.15, 0.2) is 9.84 Å². The van der Waals surface area contributed by atoms with Crippen LogP contribution in [0.25, 0.3) is 11.1 Å². The third-order valence-corrected chi connectivity index (χ3v) is 8.72. The Kier molecular flexibility index (Phi) is 6.91. The highest BCUT2D eigenvalue weighted by Crippen LogP contribution is 2.33. The SMILES string of the molecule is Cc1ccc(Nc2cccc3c2CCCCC(S(C)(=O)=O)C3)cc1-c1ccc(C(C)(C)C)cc1. The van der Waals surface area contributed by atoms with E-state index in [1.165, 1.54) is 34.1 Å². The molecule has 0 fully saturated rings. The second-order valence-electron chi connectivity index (χ2n) is 10.8. The summed E-state index contributed by atoms with van der Waals surface area (Å²) in [6, 6.07) is 21.7. The van der Waals surface area contributed by atoms with Gasteiger partial charge in [-0.05, 0) is 89.6 Å². The number of rotatable bonds is 4. The van der Waals surface area contributed by atoms with Crippen molar-refractivity contribution in [1.82, 2.24) is 0 Å². The summed E-state index contributed by atoms with van der Waals surface area (Å²) in [7, 11) is -3.05. The Labute approximate surface area is 205 Å². The lowest BCUT2D eigenvalue weighted by Crippen LogP contribution is -2.24. The highest BCUT2D eigenvalue weighted by Gasteiger charge is 2.24. The molecule has 0 radical (unpaired) electrons. The molecule has 0 aliphatic heterocycles. The van der Waals surface area contributed by atoms with Crippen LogP contribution in [0.3, 0.4) is 0 Å². The molecule has 180 valence electrons. The Morgan fingerprint density at radius 3 is 2.35 bits per heavy atom. The zero-order valence-electron chi connectivity index (χ0n) is 21.1. The average molecular weight is 476 g/mol. The van der Waals surface area contributed by atoms with Crippen LogP contribution in [0, 0.1) is 6.92 Å². The van der Waals surface area contributed by atoms with Gasteiger partial charge in [-0.25, -0.2) is 8.42 Å². The fourth-order valence-electron chi connectivity index (χ4n) is 4.94. The normalized spacial score (nSPS) is 16.9. The fraction of sp³-hybridized carbons (Fsp3) is 0.400.